The highest BCUT2D eigenvalue weighted by Crippen LogP contribution is 2.48. The summed E-state index contributed by atoms with van der Waals surface area (Å²) in [5.41, 5.74) is 0. The number of ether oxygens (including phenoxy) is 3. The molecule has 1 aliphatic rings. The zero-order chi connectivity index (χ0) is 22.3. The van der Waals surface area contributed by atoms with Crippen molar-refractivity contribution in [3.63, 3.8) is 0 Å². The maximum atomic E-state index is 12.5. The van der Waals surface area contributed by atoms with Crippen molar-refractivity contribution < 1.29 is 38.3 Å². The molecule has 1 saturated heterocycles. The Labute approximate surface area is 174 Å². The van der Waals surface area contributed by atoms with Crippen LogP contribution in [0.15, 0.2) is 0 Å². The van der Waals surface area contributed by atoms with Crippen LogP contribution < -0.4 is 0 Å². The average molecular weight is 442 g/mol. The third kappa shape index (κ3) is 14.8. The number of aliphatic hydroxyl groups excluding tert-OH is 2. The maximum absolute atomic E-state index is 12.5. The van der Waals surface area contributed by atoms with Crippen LogP contribution in [-0.2, 0) is 23.3 Å². The summed E-state index contributed by atoms with van der Waals surface area (Å²) in [6.07, 6.45) is -0.664. The second kappa shape index (κ2) is 16.0. The molecule has 0 bridgehead atoms. The van der Waals surface area contributed by atoms with E-state index in [1.807, 2.05) is 13.8 Å². The monoisotopic (exact) mass is 442 g/mol. The van der Waals surface area contributed by atoms with Crippen LogP contribution in [0, 0.1) is 0 Å². The fourth-order valence-electron chi connectivity index (χ4n) is 2.37. The number of piperazine rings is 1. The second-order valence-corrected chi connectivity index (χ2v) is 9.44. The molecule has 174 valence electrons. The Morgan fingerprint density at radius 3 is 1.93 bits per heavy atom. The van der Waals surface area contributed by atoms with E-state index >= 15 is 0 Å². The van der Waals surface area contributed by atoms with Gasteiger partial charge in [0.2, 0.25) is 0 Å². The summed E-state index contributed by atoms with van der Waals surface area (Å²) in [6, 6.07) is 0. The molecule has 2 N–H and O–H groups in total. The van der Waals surface area contributed by atoms with E-state index in [-0.39, 0.29) is 32.0 Å². The summed E-state index contributed by atoms with van der Waals surface area (Å²) < 4.78 is 35.3. The summed E-state index contributed by atoms with van der Waals surface area (Å²) in [4.78, 5) is 13.6. The summed E-state index contributed by atoms with van der Waals surface area (Å²) >= 11 is 0. The SMILES string of the molecule is CC(C)O.CC(C)OP(C)(=O)N1CCN(C(=O)OCCOCCOCCO)CC1. The van der Waals surface area contributed by atoms with E-state index in [2.05, 4.69) is 0 Å². The van der Waals surface area contributed by atoms with Crippen LogP contribution in [0.2, 0.25) is 0 Å². The van der Waals surface area contributed by atoms with Crippen LogP contribution in [0.4, 0.5) is 4.79 Å². The van der Waals surface area contributed by atoms with E-state index in [1.54, 1.807) is 30.1 Å². The first-order valence-corrected chi connectivity index (χ1v) is 12.0. The van der Waals surface area contributed by atoms with E-state index in [4.69, 9.17) is 28.9 Å². The van der Waals surface area contributed by atoms with Gasteiger partial charge in [-0.25, -0.2) is 9.46 Å². The summed E-state index contributed by atoms with van der Waals surface area (Å²) in [5, 5.41) is 16.6. The highest BCUT2D eigenvalue weighted by Gasteiger charge is 2.32. The van der Waals surface area contributed by atoms with Crippen LogP contribution >= 0.6 is 7.52 Å². The Hall–Kier alpha value is -0.740. The molecular weight excluding hydrogens is 403 g/mol. The minimum Gasteiger partial charge on any atom is -0.447 e. The quantitative estimate of drug-likeness (QED) is 0.362. The second-order valence-electron chi connectivity index (χ2n) is 7.05. The molecule has 0 aromatic carbocycles. The Bertz CT molecular complexity index is 468. The number of carbonyl (C=O) groups excluding carboxylic acids is 1. The van der Waals surface area contributed by atoms with Crippen molar-refractivity contribution in [2.45, 2.75) is 39.9 Å². The molecule has 1 aliphatic heterocycles. The molecule has 0 aliphatic carbocycles. The van der Waals surface area contributed by atoms with Gasteiger partial charge in [0.05, 0.1) is 39.1 Å². The molecule has 11 heteroatoms. The van der Waals surface area contributed by atoms with Gasteiger partial charge < -0.3 is 33.8 Å². The van der Waals surface area contributed by atoms with Crippen LogP contribution in [-0.4, -0.2) is 111 Å². The van der Waals surface area contributed by atoms with E-state index < -0.39 is 13.6 Å². The lowest BCUT2D eigenvalue weighted by Gasteiger charge is -2.37. The van der Waals surface area contributed by atoms with Gasteiger partial charge in [-0.2, -0.15) is 0 Å². The van der Waals surface area contributed by atoms with Crippen LogP contribution in [0.5, 0.6) is 0 Å². The van der Waals surface area contributed by atoms with Gasteiger partial charge in [0.15, 0.2) is 0 Å². The molecule has 0 radical (unpaired) electrons. The van der Waals surface area contributed by atoms with Crippen LogP contribution in [0.3, 0.4) is 0 Å². The first-order valence-electron chi connectivity index (χ1n) is 9.97. The van der Waals surface area contributed by atoms with Gasteiger partial charge in [-0.15, -0.1) is 0 Å². The zero-order valence-electron chi connectivity index (χ0n) is 18.4. The minimum atomic E-state index is -2.82. The summed E-state index contributed by atoms with van der Waals surface area (Å²) in [5.74, 6) is 0. The first-order chi connectivity index (χ1) is 13.6. The Balaban J connectivity index is 0.00000178. The maximum Gasteiger partial charge on any atom is 0.409 e. The molecule has 29 heavy (non-hydrogen) atoms. The molecule has 0 aromatic heterocycles. The molecule has 1 fully saturated rings. The van der Waals surface area contributed by atoms with E-state index in [9.17, 15) is 9.36 Å². The first kappa shape index (κ1) is 28.3. The lowest BCUT2D eigenvalue weighted by Crippen LogP contribution is -2.47. The number of carbonyl (C=O) groups is 1. The third-order valence-electron chi connectivity index (χ3n) is 3.50. The number of rotatable bonds is 11. The molecule has 1 atom stereocenters. The van der Waals surface area contributed by atoms with Crippen LogP contribution in [0.1, 0.15) is 27.7 Å². The largest absolute Gasteiger partial charge is 0.447 e. The molecule has 0 aromatic rings. The summed E-state index contributed by atoms with van der Waals surface area (Å²) in [7, 11) is -2.82. The van der Waals surface area contributed by atoms with Crippen LogP contribution in [0.25, 0.3) is 0 Å². The number of aliphatic hydroxyl groups is 2. The third-order valence-corrected chi connectivity index (χ3v) is 5.74. The lowest BCUT2D eigenvalue weighted by molar-refractivity contribution is 0.0127. The van der Waals surface area contributed by atoms with Gasteiger partial charge in [-0.3, -0.25) is 4.57 Å². The number of amides is 1. The van der Waals surface area contributed by atoms with E-state index in [1.165, 1.54) is 0 Å². The lowest BCUT2D eigenvalue weighted by atomic mass is 10.4. The van der Waals surface area contributed by atoms with Gasteiger partial charge >= 0.3 is 6.09 Å². The predicted octanol–water partition coefficient (Wildman–Crippen LogP) is 1.40. The van der Waals surface area contributed by atoms with Gasteiger partial charge in [-0.05, 0) is 27.7 Å². The molecular formula is C18H39N2O8P. The molecule has 1 heterocycles. The molecule has 0 spiro atoms. The normalized spacial score (nSPS) is 17.1. The topological polar surface area (TPSA) is 118 Å². The molecule has 1 amide bonds. The van der Waals surface area contributed by atoms with Gasteiger partial charge in [0.1, 0.15) is 6.61 Å². The predicted molar refractivity (Wildman–Crippen MR) is 110 cm³/mol. The Kier molecular flexibility index (Phi) is 15.6. The Morgan fingerprint density at radius 2 is 1.45 bits per heavy atom. The molecule has 1 rings (SSSR count). The molecule has 10 nitrogen and oxygen atoms in total. The zero-order valence-corrected chi connectivity index (χ0v) is 19.3. The van der Waals surface area contributed by atoms with Gasteiger partial charge in [-0.1, -0.05) is 0 Å². The highest BCUT2D eigenvalue weighted by molar-refractivity contribution is 7.55. The van der Waals surface area contributed by atoms with Gasteiger partial charge in [0.25, 0.3) is 7.52 Å². The van der Waals surface area contributed by atoms with Crippen molar-refractivity contribution in [3.8, 4) is 0 Å². The number of nitrogens with zero attached hydrogens (tertiary/aromatic N) is 2. The minimum absolute atomic E-state index is 0.0119. The van der Waals surface area contributed by atoms with Crippen molar-refractivity contribution in [3.05, 3.63) is 0 Å². The average Bonchev–Trinajstić information content (AvgIpc) is 2.62. The van der Waals surface area contributed by atoms with Gasteiger partial charge in [0, 0.05) is 38.9 Å². The van der Waals surface area contributed by atoms with Crippen molar-refractivity contribution in [2.75, 3.05) is 72.5 Å². The molecule has 0 saturated carbocycles. The molecule has 1 unspecified atom stereocenters. The highest BCUT2D eigenvalue weighted by atomic mass is 31.2. The fourth-order valence-corrected chi connectivity index (χ4v) is 4.19. The fraction of sp³-hybridized carbons (Fsp3) is 0.944. The Morgan fingerprint density at radius 1 is 0.966 bits per heavy atom. The smallest absolute Gasteiger partial charge is 0.409 e. The number of hydrogen-bond donors (Lipinski definition) is 2. The van der Waals surface area contributed by atoms with E-state index in [0.717, 1.165) is 0 Å². The van der Waals surface area contributed by atoms with Crippen molar-refractivity contribution in [1.82, 2.24) is 9.57 Å². The number of hydrogen-bond acceptors (Lipinski definition) is 8. The standard InChI is InChI=1S/C15H31N2O7P.C3H8O/c1-14(2)24-25(3,20)17-6-4-16(5-7-17)15(19)23-13-12-22-11-10-21-9-8-18;1-3(2)4/h14,18H,4-13H2,1-3H3;3-4H,1-2H3. The van der Waals surface area contributed by atoms with Crippen molar-refractivity contribution in [1.29, 1.82) is 0 Å². The van der Waals surface area contributed by atoms with E-state index in [0.29, 0.717) is 46.0 Å². The van der Waals surface area contributed by atoms with Crippen molar-refractivity contribution in [2.24, 2.45) is 0 Å². The summed E-state index contributed by atoms with van der Waals surface area (Å²) in [6.45, 7) is 12.2. The van der Waals surface area contributed by atoms with Crippen molar-refractivity contribution >= 4 is 13.6 Å².